The lowest BCUT2D eigenvalue weighted by Crippen LogP contribution is -2.54. The summed E-state index contributed by atoms with van der Waals surface area (Å²) < 4.78 is 5.22. The molecule has 5 nitrogen and oxygen atoms in total. The molecule has 1 heterocycles. The van der Waals surface area contributed by atoms with Gasteiger partial charge < -0.3 is 15.0 Å². The number of hydrogen-bond acceptors (Lipinski definition) is 3. The number of carbonyl (C=O) groups is 2. The second-order valence-electron chi connectivity index (χ2n) is 6.98. The standard InChI is InChI=1S/C24H22N2O3/c1-29-20-14-12-19(13-15-20)22-23(27)25-21(18-10-6-3-7-11-18)24(28)26(22)16-17-8-4-2-5-9-17/h2-15,21-22H,16H2,1H3,(H,25,27). The lowest BCUT2D eigenvalue weighted by Gasteiger charge is -2.39. The number of rotatable bonds is 5. The maximum Gasteiger partial charge on any atom is 0.251 e. The highest BCUT2D eigenvalue weighted by molar-refractivity contribution is 5.98. The minimum atomic E-state index is -0.700. The van der Waals surface area contributed by atoms with Crippen LogP contribution in [0, 0.1) is 0 Å². The van der Waals surface area contributed by atoms with Crippen LogP contribution in [0.4, 0.5) is 0 Å². The first-order chi connectivity index (χ1) is 14.2. The van der Waals surface area contributed by atoms with E-state index in [-0.39, 0.29) is 11.8 Å². The molecule has 146 valence electrons. The normalized spacial score (nSPS) is 19.0. The summed E-state index contributed by atoms with van der Waals surface area (Å²) in [4.78, 5) is 28.3. The Hall–Kier alpha value is -3.60. The summed E-state index contributed by atoms with van der Waals surface area (Å²) in [7, 11) is 1.60. The van der Waals surface area contributed by atoms with Crippen molar-refractivity contribution in [3.8, 4) is 5.75 Å². The van der Waals surface area contributed by atoms with E-state index in [0.29, 0.717) is 12.3 Å². The maximum atomic E-state index is 13.5. The number of benzene rings is 3. The SMILES string of the molecule is COc1ccc(C2C(=O)NC(c3ccccc3)C(=O)N2Cc2ccccc2)cc1. The number of ether oxygens (including phenoxy) is 1. The van der Waals surface area contributed by atoms with Gasteiger partial charge in [-0.3, -0.25) is 9.59 Å². The van der Waals surface area contributed by atoms with Gasteiger partial charge in [0, 0.05) is 6.54 Å². The minimum absolute atomic E-state index is 0.125. The van der Waals surface area contributed by atoms with Crippen molar-refractivity contribution in [1.82, 2.24) is 10.2 Å². The molecule has 1 saturated heterocycles. The molecule has 2 unspecified atom stereocenters. The first kappa shape index (κ1) is 18.7. The van der Waals surface area contributed by atoms with Gasteiger partial charge >= 0.3 is 0 Å². The molecule has 1 aliphatic heterocycles. The Balaban J connectivity index is 1.72. The van der Waals surface area contributed by atoms with Crippen molar-refractivity contribution in [3.63, 3.8) is 0 Å². The zero-order valence-electron chi connectivity index (χ0n) is 16.1. The molecule has 5 heteroatoms. The molecule has 0 aromatic heterocycles. The van der Waals surface area contributed by atoms with Gasteiger partial charge in [0.15, 0.2) is 0 Å². The zero-order valence-corrected chi connectivity index (χ0v) is 16.1. The van der Waals surface area contributed by atoms with E-state index in [2.05, 4.69) is 5.32 Å². The molecule has 1 N–H and O–H groups in total. The molecule has 29 heavy (non-hydrogen) atoms. The Morgan fingerprint density at radius 1 is 0.828 bits per heavy atom. The van der Waals surface area contributed by atoms with E-state index in [1.807, 2.05) is 72.8 Å². The molecule has 0 bridgehead atoms. The molecular weight excluding hydrogens is 364 g/mol. The van der Waals surface area contributed by atoms with Gasteiger partial charge in [0.05, 0.1) is 7.11 Å². The molecule has 3 aromatic carbocycles. The van der Waals surface area contributed by atoms with Crippen molar-refractivity contribution < 1.29 is 14.3 Å². The van der Waals surface area contributed by atoms with E-state index >= 15 is 0 Å². The van der Waals surface area contributed by atoms with Gasteiger partial charge in [0.2, 0.25) is 5.91 Å². The molecule has 0 saturated carbocycles. The second kappa shape index (κ2) is 8.19. The lowest BCUT2D eigenvalue weighted by molar-refractivity contribution is -0.150. The van der Waals surface area contributed by atoms with Gasteiger partial charge in [0.25, 0.3) is 5.91 Å². The van der Waals surface area contributed by atoms with Crippen molar-refractivity contribution in [2.24, 2.45) is 0 Å². The van der Waals surface area contributed by atoms with Crippen LogP contribution >= 0.6 is 0 Å². The summed E-state index contributed by atoms with van der Waals surface area (Å²) in [5.74, 6) is 0.382. The summed E-state index contributed by atoms with van der Waals surface area (Å²) >= 11 is 0. The number of hydrogen-bond donors (Lipinski definition) is 1. The molecule has 2 atom stereocenters. The maximum absolute atomic E-state index is 13.5. The topological polar surface area (TPSA) is 58.6 Å². The van der Waals surface area contributed by atoms with Gasteiger partial charge in [-0.1, -0.05) is 72.8 Å². The van der Waals surface area contributed by atoms with Crippen LogP contribution in [0.1, 0.15) is 28.8 Å². The number of amides is 2. The fourth-order valence-corrected chi connectivity index (χ4v) is 3.66. The van der Waals surface area contributed by atoms with Crippen LogP contribution < -0.4 is 10.1 Å². The lowest BCUT2D eigenvalue weighted by atomic mass is 9.95. The third kappa shape index (κ3) is 3.85. The quantitative estimate of drug-likeness (QED) is 0.728. The predicted octanol–water partition coefficient (Wildman–Crippen LogP) is 3.64. The van der Waals surface area contributed by atoms with Crippen LogP contribution in [0.5, 0.6) is 5.75 Å². The number of nitrogens with one attached hydrogen (secondary N) is 1. The average Bonchev–Trinajstić information content (AvgIpc) is 2.77. The van der Waals surface area contributed by atoms with Gasteiger partial charge in [-0.2, -0.15) is 0 Å². The highest BCUT2D eigenvalue weighted by atomic mass is 16.5. The summed E-state index contributed by atoms with van der Waals surface area (Å²) in [6.07, 6.45) is 0. The number of carbonyl (C=O) groups excluding carboxylic acids is 2. The Bertz CT molecular complexity index is 988. The summed E-state index contributed by atoms with van der Waals surface area (Å²) in [5, 5.41) is 2.91. The number of nitrogens with zero attached hydrogens (tertiary/aromatic N) is 1. The fourth-order valence-electron chi connectivity index (χ4n) is 3.66. The third-order valence-corrected chi connectivity index (χ3v) is 5.14. The van der Waals surface area contributed by atoms with E-state index in [1.165, 1.54) is 0 Å². The fraction of sp³-hybridized carbons (Fsp3) is 0.167. The van der Waals surface area contributed by atoms with Crippen LogP contribution in [0.2, 0.25) is 0 Å². The molecule has 2 amide bonds. The molecule has 3 aromatic rings. The van der Waals surface area contributed by atoms with Crippen LogP contribution in [0.25, 0.3) is 0 Å². The Morgan fingerprint density at radius 3 is 2.07 bits per heavy atom. The summed E-state index contributed by atoms with van der Waals surface area (Å²) in [6.45, 7) is 0.354. The monoisotopic (exact) mass is 386 g/mol. The summed E-state index contributed by atoms with van der Waals surface area (Å²) in [6, 6.07) is 24.9. The average molecular weight is 386 g/mol. The van der Waals surface area contributed by atoms with Crippen LogP contribution in [-0.4, -0.2) is 23.8 Å². The van der Waals surface area contributed by atoms with Gasteiger partial charge in [-0.05, 0) is 28.8 Å². The third-order valence-electron chi connectivity index (χ3n) is 5.14. The van der Waals surface area contributed by atoms with E-state index in [9.17, 15) is 9.59 Å². The van der Waals surface area contributed by atoms with Crippen molar-refractivity contribution in [1.29, 1.82) is 0 Å². The highest BCUT2D eigenvalue weighted by Gasteiger charge is 2.41. The van der Waals surface area contributed by atoms with E-state index in [1.54, 1.807) is 24.1 Å². The predicted molar refractivity (Wildman–Crippen MR) is 110 cm³/mol. The molecule has 0 aliphatic carbocycles. The first-order valence-corrected chi connectivity index (χ1v) is 9.51. The molecule has 1 fully saturated rings. The van der Waals surface area contributed by atoms with Crippen molar-refractivity contribution in [2.45, 2.75) is 18.6 Å². The Morgan fingerprint density at radius 2 is 1.45 bits per heavy atom. The highest BCUT2D eigenvalue weighted by Crippen LogP contribution is 2.32. The summed E-state index contributed by atoms with van der Waals surface area (Å²) in [5.41, 5.74) is 2.50. The van der Waals surface area contributed by atoms with Gasteiger partial charge in [-0.25, -0.2) is 0 Å². The van der Waals surface area contributed by atoms with Crippen LogP contribution in [-0.2, 0) is 16.1 Å². The van der Waals surface area contributed by atoms with E-state index < -0.39 is 12.1 Å². The second-order valence-corrected chi connectivity index (χ2v) is 6.98. The van der Waals surface area contributed by atoms with Crippen molar-refractivity contribution in [3.05, 3.63) is 102 Å². The Labute approximate surface area is 169 Å². The largest absolute Gasteiger partial charge is 0.497 e. The molecule has 0 radical (unpaired) electrons. The van der Waals surface area contributed by atoms with Gasteiger partial charge in [-0.15, -0.1) is 0 Å². The number of methoxy groups -OCH3 is 1. The molecule has 4 rings (SSSR count). The minimum Gasteiger partial charge on any atom is -0.497 e. The smallest absolute Gasteiger partial charge is 0.251 e. The molecule has 1 aliphatic rings. The van der Waals surface area contributed by atoms with Crippen LogP contribution in [0.3, 0.4) is 0 Å². The Kier molecular flexibility index (Phi) is 5.29. The van der Waals surface area contributed by atoms with Crippen molar-refractivity contribution >= 4 is 11.8 Å². The zero-order chi connectivity index (χ0) is 20.2. The van der Waals surface area contributed by atoms with Crippen LogP contribution in [0.15, 0.2) is 84.9 Å². The van der Waals surface area contributed by atoms with E-state index in [4.69, 9.17) is 4.74 Å². The van der Waals surface area contributed by atoms with Gasteiger partial charge in [0.1, 0.15) is 17.8 Å². The number of piperazine rings is 1. The molecule has 0 spiro atoms. The molecular formula is C24H22N2O3. The van der Waals surface area contributed by atoms with Crippen molar-refractivity contribution in [2.75, 3.05) is 7.11 Å². The first-order valence-electron chi connectivity index (χ1n) is 9.51. The van der Waals surface area contributed by atoms with E-state index in [0.717, 1.165) is 16.7 Å².